The standard InChI is InChI=1S/C18H36N2/c1-14(2)9-11-20(17-7-8-17)18(13-19)10-5-6-16(12-18)15(3)4/h14-17H,5-13,19H2,1-4H3. The Hall–Kier alpha value is -0.0800. The summed E-state index contributed by atoms with van der Waals surface area (Å²) >= 11 is 0. The normalized spacial score (nSPS) is 31.5. The van der Waals surface area contributed by atoms with E-state index in [-0.39, 0.29) is 0 Å². The number of rotatable bonds is 7. The second-order valence-electron chi connectivity index (χ2n) is 8.14. The fourth-order valence-corrected chi connectivity index (χ4v) is 4.11. The Morgan fingerprint density at radius 2 is 1.85 bits per heavy atom. The number of nitrogens with two attached hydrogens (primary N) is 1. The molecule has 0 aliphatic heterocycles. The Kier molecular flexibility index (Phi) is 5.53. The quantitative estimate of drug-likeness (QED) is 0.762. The molecule has 2 atom stereocenters. The van der Waals surface area contributed by atoms with E-state index in [1.807, 2.05) is 0 Å². The molecule has 0 amide bonds. The first-order valence-corrected chi connectivity index (χ1v) is 8.95. The molecular weight excluding hydrogens is 244 g/mol. The van der Waals surface area contributed by atoms with Gasteiger partial charge in [-0.05, 0) is 56.4 Å². The number of nitrogens with zero attached hydrogens (tertiary/aromatic N) is 1. The van der Waals surface area contributed by atoms with E-state index < -0.39 is 0 Å². The molecule has 0 bridgehead atoms. The van der Waals surface area contributed by atoms with Crippen LogP contribution in [0.4, 0.5) is 0 Å². The zero-order valence-corrected chi connectivity index (χ0v) is 14.2. The van der Waals surface area contributed by atoms with E-state index in [1.165, 1.54) is 51.5 Å². The lowest BCUT2D eigenvalue weighted by Gasteiger charge is -2.50. The third-order valence-electron chi connectivity index (χ3n) is 5.73. The maximum absolute atomic E-state index is 6.33. The molecule has 2 N–H and O–H groups in total. The lowest BCUT2D eigenvalue weighted by atomic mass is 9.70. The molecule has 0 aromatic heterocycles. The van der Waals surface area contributed by atoms with Crippen molar-refractivity contribution in [3.63, 3.8) is 0 Å². The van der Waals surface area contributed by atoms with Gasteiger partial charge in [0.25, 0.3) is 0 Å². The molecule has 2 heteroatoms. The molecule has 0 heterocycles. The second kappa shape index (κ2) is 6.79. The van der Waals surface area contributed by atoms with Crippen molar-refractivity contribution >= 4 is 0 Å². The molecule has 2 saturated carbocycles. The van der Waals surface area contributed by atoms with Gasteiger partial charge in [-0.25, -0.2) is 0 Å². The van der Waals surface area contributed by atoms with Crippen LogP contribution in [0.2, 0.25) is 0 Å². The summed E-state index contributed by atoms with van der Waals surface area (Å²) in [4.78, 5) is 2.85. The van der Waals surface area contributed by atoms with Crippen molar-refractivity contribution in [3.05, 3.63) is 0 Å². The van der Waals surface area contributed by atoms with Gasteiger partial charge >= 0.3 is 0 Å². The summed E-state index contributed by atoms with van der Waals surface area (Å²) in [6.45, 7) is 11.6. The summed E-state index contributed by atoms with van der Waals surface area (Å²) in [5, 5.41) is 0. The molecule has 2 rings (SSSR count). The van der Waals surface area contributed by atoms with Crippen molar-refractivity contribution in [1.82, 2.24) is 4.90 Å². The highest BCUT2D eigenvalue weighted by Gasteiger charge is 2.46. The molecule has 0 saturated heterocycles. The summed E-state index contributed by atoms with van der Waals surface area (Å²) in [6.07, 6.45) is 9.62. The Balaban J connectivity index is 2.09. The highest BCUT2D eigenvalue weighted by molar-refractivity contribution is 5.02. The maximum atomic E-state index is 6.33. The van der Waals surface area contributed by atoms with Crippen LogP contribution < -0.4 is 5.73 Å². The van der Waals surface area contributed by atoms with Gasteiger partial charge in [0, 0.05) is 18.1 Å². The molecular formula is C18H36N2. The molecule has 2 nitrogen and oxygen atoms in total. The third kappa shape index (κ3) is 3.76. The SMILES string of the molecule is CC(C)CCN(C1CC1)C1(CN)CCCC(C(C)C)C1. The van der Waals surface area contributed by atoms with Crippen LogP contribution in [-0.4, -0.2) is 29.6 Å². The van der Waals surface area contributed by atoms with Crippen LogP contribution in [0.3, 0.4) is 0 Å². The van der Waals surface area contributed by atoms with Gasteiger partial charge in [-0.3, -0.25) is 4.90 Å². The summed E-state index contributed by atoms with van der Waals surface area (Å²) in [5.74, 6) is 2.50. The average Bonchev–Trinajstić information content (AvgIpc) is 3.23. The van der Waals surface area contributed by atoms with Gasteiger partial charge in [0.2, 0.25) is 0 Å². The van der Waals surface area contributed by atoms with E-state index >= 15 is 0 Å². The lowest BCUT2D eigenvalue weighted by molar-refractivity contribution is 0.0159. The smallest absolute Gasteiger partial charge is 0.0337 e. The van der Waals surface area contributed by atoms with Crippen LogP contribution in [0, 0.1) is 17.8 Å². The van der Waals surface area contributed by atoms with Gasteiger partial charge in [0.05, 0.1) is 0 Å². The van der Waals surface area contributed by atoms with Crippen molar-refractivity contribution in [2.24, 2.45) is 23.5 Å². The van der Waals surface area contributed by atoms with Crippen molar-refractivity contribution in [2.75, 3.05) is 13.1 Å². The van der Waals surface area contributed by atoms with E-state index in [4.69, 9.17) is 5.73 Å². The Bertz CT molecular complexity index is 296. The van der Waals surface area contributed by atoms with Gasteiger partial charge < -0.3 is 5.73 Å². The van der Waals surface area contributed by atoms with Gasteiger partial charge in [0.15, 0.2) is 0 Å². The molecule has 2 aliphatic carbocycles. The molecule has 2 fully saturated rings. The zero-order valence-electron chi connectivity index (χ0n) is 14.2. The molecule has 0 spiro atoms. The van der Waals surface area contributed by atoms with E-state index in [0.717, 1.165) is 30.3 Å². The van der Waals surface area contributed by atoms with Gasteiger partial charge in [-0.1, -0.05) is 40.5 Å². The van der Waals surface area contributed by atoms with Crippen LogP contribution in [0.1, 0.15) is 72.6 Å². The lowest BCUT2D eigenvalue weighted by Crippen LogP contribution is -2.58. The van der Waals surface area contributed by atoms with Crippen LogP contribution in [-0.2, 0) is 0 Å². The topological polar surface area (TPSA) is 29.3 Å². The van der Waals surface area contributed by atoms with Gasteiger partial charge in [0.1, 0.15) is 0 Å². The largest absolute Gasteiger partial charge is 0.329 e. The minimum atomic E-state index is 0.323. The van der Waals surface area contributed by atoms with Gasteiger partial charge in [-0.2, -0.15) is 0 Å². The minimum absolute atomic E-state index is 0.323. The summed E-state index contributed by atoms with van der Waals surface area (Å²) < 4.78 is 0. The molecule has 2 aliphatic rings. The van der Waals surface area contributed by atoms with E-state index in [0.29, 0.717) is 5.54 Å². The van der Waals surface area contributed by atoms with E-state index in [1.54, 1.807) is 0 Å². The van der Waals surface area contributed by atoms with Crippen LogP contribution >= 0.6 is 0 Å². The second-order valence-corrected chi connectivity index (χ2v) is 8.14. The monoisotopic (exact) mass is 280 g/mol. The van der Waals surface area contributed by atoms with Crippen molar-refractivity contribution in [1.29, 1.82) is 0 Å². The highest BCUT2D eigenvalue weighted by Crippen LogP contribution is 2.44. The highest BCUT2D eigenvalue weighted by atomic mass is 15.3. The number of hydrogen-bond acceptors (Lipinski definition) is 2. The molecule has 0 radical (unpaired) electrons. The summed E-state index contributed by atoms with van der Waals surface area (Å²) in [7, 11) is 0. The Labute approximate surface area is 126 Å². The maximum Gasteiger partial charge on any atom is 0.0337 e. The first-order valence-electron chi connectivity index (χ1n) is 8.95. The Morgan fingerprint density at radius 1 is 1.15 bits per heavy atom. The minimum Gasteiger partial charge on any atom is -0.329 e. The van der Waals surface area contributed by atoms with Crippen molar-refractivity contribution in [3.8, 4) is 0 Å². The van der Waals surface area contributed by atoms with Crippen LogP contribution in [0.5, 0.6) is 0 Å². The van der Waals surface area contributed by atoms with Crippen LogP contribution in [0.25, 0.3) is 0 Å². The fraction of sp³-hybridized carbons (Fsp3) is 1.00. The molecule has 0 aromatic rings. The van der Waals surface area contributed by atoms with Crippen LogP contribution in [0.15, 0.2) is 0 Å². The summed E-state index contributed by atoms with van der Waals surface area (Å²) in [6, 6.07) is 0.850. The first-order chi connectivity index (χ1) is 9.48. The average molecular weight is 280 g/mol. The zero-order chi connectivity index (χ0) is 14.8. The predicted molar refractivity (Wildman–Crippen MR) is 87.8 cm³/mol. The van der Waals surface area contributed by atoms with E-state index in [2.05, 4.69) is 32.6 Å². The van der Waals surface area contributed by atoms with Crippen molar-refractivity contribution < 1.29 is 0 Å². The summed E-state index contributed by atoms with van der Waals surface area (Å²) in [5.41, 5.74) is 6.65. The molecule has 0 aromatic carbocycles. The molecule has 20 heavy (non-hydrogen) atoms. The molecule has 2 unspecified atom stereocenters. The Morgan fingerprint density at radius 3 is 2.35 bits per heavy atom. The first kappa shape index (κ1) is 16.3. The van der Waals surface area contributed by atoms with Gasteiger partial charge in [-0.15, -0.1) is 0 Å². The predicted octanol–water partition coefficient (Wildman–Crippen LogP) is 4.04. The third-order valence-corrected chi connectivity index (χ3v) is 5.73. The fourth-order valence-electron chi connectivity index (χ4n) is 4.11. The van der Waals surface area contributed by atoms with E-state index in [9.17, 15) is 0 Å². The van der Waals surface area contributed by atoms with Crippen molar-refractivity contribution in [2.45, 2.75) is 84.2 Å². The molecule has 118 valence electrons. The number of hydrogen-bond donors (Lipinski definition) is 1.